The molecule has 0 bridgehead atoms. The molecule has 0 amide bonds. The Labute approximate surface area is 103 Å². The Morgan fingerprint density at radius 2 is 1.82 bits per heavy atom. The SMILES string of the molecule is O=S(Nc1cccc(CO)c1)c1ccccc1. The average molecular weight is 247 g/mol. The fraction of sp³-hybridized carbons (Fsp3) is 0.0769. The largest absolute Gasteiger partial charge is 0.392 e. The second-order valence-corrected chi connectivity index (χ2v) is 4.76. The molecule has 0 aromatic heterocycles. The summed E-state index contributed by atoms with van der Waals surface area (Å²) in [6.45, 7) is -0.0203. The molecular formula is C13H13NO2S. The first kappa shape index (κ1) is 11.8. The summed E-state index contributed by atoms with van der Waals surface area (Å²) in [5, 5.41) is 9.01. The van der Waals surface area contributed by atoms with Crippen molar-refractivity contribution in [2.24, 2.45) is 0 Å². The summed E-state index contributed by atoms with van der Waals surface area (Å²) in [5.74, 6) is 0. The Balaban J connectivity index is 2.13. The number of hydrogen-bond donors (Lipinski definition) is 2. The third-order valence-electron chi connectivity index (χ3n) is 2.28. The van der Waals surface area contributed by atoms with Crippen molar-refractivity contribution in [3.8, 4) is 0 Å². The fourth-order valence-corrected chi connectivity index (χ4v) is 2.31. The van der Waals surface area contributed by atoms with E-state index in [0.29, 0.717) is 0 Å². The van der Waals surface area contributed by atoms with Gasteiger partial charge in [0.25, 0.3) is 0 Å². The van der Waals surface area contributed by atoms with Crippen LogP contribution in [-0.2, 0) is 17.6 Å². The van der Waals surface area contributed by atoms with Gasteiger partial charge in [0.15, 0.2) is 0 Å². The first-order valence-electron chi connectivity index (χ1n) is 5.23. The molecular weight excluding hydrogens is 234 g/mol. The number of anilines is 1. The first-order valence-corrected chi connectivity index (χ1v) is 6.38. The topological polar surface area (TPSA) is 49.3 Å². The highest BCUT2D eigenvalue weighted by molar-refractivity contribution is 7.86. The minimum atomic E-state index is -1.28. The van der Waals surface area contributed by atoms with Crippen LogP contribution in [-0.4, -0.2) is 9.32 Å². The molecule has 2 aromatic carbocycles. The van der Waals surface area contributed by atoms with Crippen molar-refractivity contribution in [3.63, 3.8) is 0 Å². The van der Waals surface area contributed by atoms with Gasteiger partial charge in [-0.15, -0.1) is 0 Å². The van der Waals surface area contributed by atoms with Gasteiger partial charge >= 0.3 is 0 Å². The fourth-order valence-electron chi connectivity index (χ4n) is 1.44. The lowest BCUT2D eigenvalue weighted by Gasteiger charge is -2.07. The first-order chi connectivity index (χ1) is 8.29. The zero-order valence-electron chi connectivity index (χ0n) is 9.17. The highest BCUT2D eigenvalue weighted by Gasteiger charge is 2.03. The summed E-state index contributed by atoms with van der Waals surface area (Å²) >= 11 is 0. The summed E-state index contributed by atoms with van der Waals surface area (Å²) in [4.78, 5) is 0.724. The van der Waals surface area contributed by atoms with Crippen molar-refractivity contribution < 1.29 is 9.32 Å². The van der Waals surface area contributed by atoms with Gasteiger partial charge in [-0.2, -0.15) is 0 Å². The zero-order valence-corrected chi connectivity index (χ0v) is 9.98. The lowest BCUT2D eigenvalue weighted by Crippen LogP contribution is -2.04. The maximum atomic E-state index is 12.0. The summed E-state index contributed by atoms with van der Waals surface area (Å²) in [5.41, 5.74) is 1.53. The third kappa shape index (κ3) is 3.15. The molecule has 1 unspecified atom stereocenters. The molecule has 2 rings (SSSR count). The van der Waals surface area contributed by atoms with E-state index >= 15 is 0 Å². The standard InChI is InChI=1S/C13H13NO2S/c15-10-11-5-4-6-12(9-11)14-17(16)13-7-2-1-3-8-13/h1-9,14-15H,10H2. The van der Waals surface area contributed by atoms with Crippen LogP contribution >= 0.6 is 0 Å². The van der Waals surface area contributed by atoms with Gasteiger partial charge in [-0.3, -0.25) is 0 Å². The number of nitrogens with one attached hydrogen (secondary N) is 1. The monoisotopic (exact) mass is 247 g/mol. The predicted molar refractivity (Wildman–Crippen MR) is 68.8 cm³/mol. The van der Waals surface area contributed by atoms with Crippen molar-refractivity contribution in [2.45, 2.75) is 11.5 Å². The molecule has 3 nitrogen and oxygen atoms in total. The van der Waals surface area contributed by atoms with Crippen LogP contribution in [0.25, 0.3) is 0 Å². The molecule has 2 aromatic rings. The van der Waals surface area contributed by atoms with E-state index in [2.05, 4.69) is 4.72 Å². The molecule has 0 fully saturated rings. The highest BCUT2D eigenvalue weighted by atomic mass is 32.2. The zero-order chi connectivity index (χ0) is 12.1. The van der Waals surface area contributed by atoms with Crippen molar-refractivity contribution in [3.05, 3.63) is 60.2 Å². The van der Waals surface area contributed by atoms with Gasteiger partial charge in [0, 0.05) is 5.69 Å². The van der Waals surface area contributed by atoms with Gasteiger partial charge < -0.3 is 9.83 Å². The van der Waals surface area contributed by atoms with Crippen LogP contribution in [0.4, 0.5) is 5.69 Å². The average Bonchev–Trinajstić information content (AvgIpc) is 2.40. The lowest BCUT2D eigenvalue weighted by atomic mass is 10.2. The molecule has 4 heteroatoms. The molecule has 2 N–H and O–H groups in total. The van der Waals surface area contributed by atoms with Crippen molar-refractivity contribution >= 4 is 16.7 Å². The van der Waals surface area contributed by atoms with E-state index < -0.39 is 11.0 Å². The third-order valence-corrected chi connectivity index (χ3v) is 3.40. The Hall–Kier alpha value is -1.65. The summed E-state index contributed by atoms with van der Waals surface area (Å²) in [6.07, 6.45) is 0. The number of rotatable bonds is 4. The smallest absolute Gasteiger partial charge is 0.150 e. The van der Waals surface area contributed by atoms with Gasteiger partial charge in [-0.05, 0) is 29.8 Å². The molecule has 1 atom stereocenters. The van der Waals surface area contributed by atoms with Crippen LogP contribution in [0.5, 0.6) is 0 Å². The number of hydrogen-bond acceptors (Lipinski definition) is 2. The van der Waals surface area contributed by atoms with E-state index in [-0.39, 0.29) is 6.61 Å². The van der Waals surface area contributed by atoms with E-state index in [9.17, 15) is 4.21 Å². The van der Waals surface area contributed by atoms with Crippen LogP contribution in [0.3, 0.4) is 0 Å². The van der Waals surface area contributed by atoms with Crippen molar-refractivity contribution in [2.75, 3.05) is 4.72 Å². The molecule has 88 valence electrons. The van der Waals surface area contributed by atoms with Crippen LogP contribution in [0.1, 0.15) is 5.56 Å². The molecule has 0 aliphatic rings. The number of benzene rings is 2. The van der Waals surface area contributed by atoms with E-state index in [1.807, 2.05) is 36.4 Å². The summed E-state index contributed by atoms with van der Waals surface area (Å²) in [6, 6.07) is 16.4. The normalized spacial score (nSPS) is 12.1. The molecule has 0 heterocycles. The molecule has 0 spiro atoms. The highest BCUT2D eigenvalue weighted by Crippen LogP contribution is 2.14. The number of aliphatic hydroxyl groups excluding tert-OH is 1. The summed E-state index contributed by atoms with van der Waals surface area (Å²) in [7, 11) is -1.28. The maximum Gasteiger partial charge on any atom is 0.150 e. The van der Waals surface area contributed by atoms with E-state index in [1.54, 1.807) is 18.2 Å². The Morgan fingerprint density at radius 3 is 2.53 bits per heavy atom. The second kappa shape index (κ2) is 5.61. The molecule has 0 saturated heterocycles. The van der Waals surface area contributed by atoms with Gasteiger partial charge in [0.1, 0.15) is 11.0 Å². The van der Waals surface area contributed by atoms with Crippen LogP contribution in [0.2, 0.25) is 0 Å². The van der Waals surface area contributed by atoms with Crippen LogP contribution < -0.4 is 4.72 Å². The summed E-state index contributed by atoms with van der Waals surface area (Å²) < 4.78 is 14.8. The van der Waals surface area contributed by atoms with E-state index in [1.165, 1.54) is 0 Å². The Morgan fingerprint density at radius 1 is 1.06 bits per heavy atom. The van der Waals surface area contributed by atoms with Crippen LogP contribution in [0.15, 0.2) is 59.5 Å². The molecule has 0 radical (unpaired) electrons. The van der Waals surface area contributed by atoms with Gasteiger partial charge in [-0.25, -0.2) is 4.21 Å². The van der Waals surface area contributed by atoms with Crippen LogP contribution in [0, 0.1) is 0 Å². The van der Waals surface area contributed by atoms with Crippen molar-refractivity contribution in [1.82, 2.24) is 0 Å². The van der Waals surface area contributed by atoms with Crippen molar-refractivity contribution in [1.29, 1.82) is 0 Å². The van der Waals surface area contributed by atoms with E-state index in [4.69, 9.17) is 5.11 Å². The molecule has 0 saturated carbocycles. The lowest BCUT2D eigenvalue weighted by molar-refractivity contribution is 0.282. The number of aliphatic hydroxyl groups is 1. The molecule has 17 heavy (non-hydrogen) atoms. The van der Waals surface area contributed by atoms with Gasteiger partial charge in [0.2, 0.25) is 0 Å². The Bertz CT molecular complexity index is 514. The maximum absolute atomic E-state index is 12.0. The minimum Gasteiger partial charge on any atom is -0.392 e. The quantitative estimate of drug-likeness (QED) is 0.871. The van der Waals surface area contributed by atoms with Gasteiger partial charge in [0.05, 0.1) is 11.5 Å². The Kier molecular flexibility index (Phi) is 3.90. The minimum absolute atomic E-state index is 0.0203. The second-order valence-electron chi connectivity index (χ2n) is 3.54. The predicted octanol–water partition coefficient (Wildman–Crippen LogP) is 2.31. The molecule has 0 aliphatic heterocycles. The van der Waals surface area contributed by atoms with E-state index in [0.717, 1.165) is 16.1 Å². The van der Waals surface area contributed by atoms with Gasteiger partial charge in [-0.1, -0.05) is 30.3 Å². The molecule has 0 aliphatic carbocycles.